The number of methoxy groups -OCH3 is 1. The zero-order valence-electron chi connectivity index (χ0n) is 17.8. The summed E-state index contributed by atoms with van der Waals surface area (Å²) in [6.07, 6.45) is 0. The summed E-state index contributed by atoms with van der Waals surface area (Å²) >= 11 is 0. The van der Waals surface area contributed by atoms with Gasteiger partial charge in [0.05, 0.1) is 7.11 Å². The van der Waals surface area contributed by atoms with Gasteiger partial charge in [0, 0.05) is 49.9 Å². The first-order valence-corrected chi connectivity index (χ1v) is 10.2. The highest BCUT2D eigenvalue weighted by atomic mass is 16.5. The number of nitrogens with zero attached hydrogens (tertiary/aromatic N) is 4. The van der Waals surface area contributed by atoms with Crippen LogP contribution in [0.4, 0.5) is 11.8 Å². The van der Waals surface area contributed by atoms with Crippen molar-refractivity contribution in [2.45, 2.75) is 13.8 Å². The van der Waals surface area contributed by atoms with Gasteiger partial charge in [-0.1, -0.05) is 12.1 Å². The molecule has 0 bridgehead atoms. The SMILES string of the molecule is CCNc1cc(C)nc(N2CCN(C(=O)c3cc4cccc(OC)c4oc3=O)CC2)n1. The summed E-state index contributed by atoms with van der Waals surface area (Å²) < 4.78 is 10.6. The minimum Gasteiger partial charge on any atom is -0.493 e. The van der Waals surface area contributed by atoms with Crippen LogP contribution in [0.2, 0.25) is 0 Å². The number of fused-ring (bicyclic) bond motifs is 1. The molecule has 1 saturated heterocycles. The molecule has 1 aliphatic heterocycles. The Labute approximate surface area is 179 Å². The number of para-hydroxylation sites is 1. The molecular weight excluding hydrogens is 398 g/mol. The van der Waals surface area contributed by atoms with E-state index in [2.05, 4.69) is 15.3 Å². The van der Waals surface area contributed by atoms with E-state index >= 15 is 0 Å². The number of hydrogen-bond acceptors (Lipinski definition) is 8. The molecule has 0 atom stereocenters. The first-order chi connectivity index (χ1) is 15.0. The molecule has 162 valence electrons. The van der Waals surface area contributed by atoms with Gasteiger partial charge in [-0.25, -0.2) is 9.78 Å². The van der Waals surface area contributed by atoms with Crippen LogP contribution in [0.25, 0.3) is 11.0 Å². The molecule has 1 amide bonds. The lowest BCUT2D eigenvalue weighted by molar-refractivity contribution is 0.0742. The lowest BCUT2D eigenvalue weighted by Gasteiger charge is -2.34. The van der Waals surface area contributed by atoms with E-state index in [0.717, 1.165) is 18.1 Å². The Kier molecular flexibility index (Phi) is 5.75. The lowest BCUT2D eigenvalue weighted by atomic mass is 10.1. The standard InChI is InChI=1S/C22H25N5O4/c1-4-23-18-12-14(2)24-22(25-18)27-10-8-26(9-11-27)20(28)16-13-15-6-5-7-17(30-3)19(15)31-21(16)29/h5-7,12-13H,4,8-11H2,1-3H3,(H,23,24,25). The van der Waals surface area contributed by atoms with Crippen LogP contribution >= 0.6 is 0 Å². The molecule has 0 spiro atoms. The van der Waals surface area contributed by atoms with E-state index in [1.807, 2.05) is 24.8 Å². The molecule has 0 aliphatic carbocycles. The van der Waals surface area contributed by atoms with Crippen molar-refractivity contribution in [2.24, 2.45) is 0 Å². The molecule has 1 aliphatic rings. The Morgan fingerprint density at radius 3 is 2.68 bits per heavy atom. The van der Waals surface area contributed by atoms with Crippen molar-refractivity contribution >= 4 is 28.6 Å². The van der Waals surface area contributed by atoms with Crippen molar-refractivity contribution in [3.63, 3.8) is 0 Å². The number of aromatic nitrogens is 2. The summed E-state index contributed by atoms with van der Waals surface area (Å²) in [5.74, 6) is 1.54. The molecule has 0 saturated carbocycles. The first kappa shape index (κ1) is 20.6. The van der Waals surface area contributed by atoms with Crippen molar-refractivity contribution in [3.05, 3.63) is 52.0 Å². The van der Waals surface area contributed by atoms with E-state index in [9.17, 15) is 9.59 Å². The Morgan fingerprint density at radius 2 is 1.97 bits per heavy atom. The molecular formula is C22H25N5O4. The Hall–Kier alpha value is -3.62. The number of benzene rings is 1. The minimum atomic E-state index is -0.665. The number of hydrogen-bond donors (Lipinski definition) is 1. The molecule has 31 heavy (non-hydrogen) atoms. The second kappa shape index (κ2) is 8.63. The van der Waals surface area contributed by atoms with Gasteiger partial charge in [-0.3, -0.25) is 4.79 Å². The maximum Gasteiger partial charge on any atom is 0.349 e. The van der Waals surface area contributed by atoms with Gasteiger partial charge in [0.1, 0.15) is 11.4 Å². The van der Waals surface area contributed by atoms with E-state index in [0.29, 0.717) is 48.8 Å². The summed E-state index contributed by atoms with van der Waals surface area (Å²) in [7, 11) is 1.51. The van der Waals surface area contributed by atoms with Gasteiger partial charge in [0.15, 0.2) is 11.3 Å². The monoisotopic (exact) mass is 423 g/mol. The largest absolute Gasteiger partial charge is 0.493 e. The highest BCUT2D eigenvalue weighted by Gasteiger charge is 2.26. The fraction of sp³-hybridized carbons (Fsp3) is 0.364. The molecule has 1 fully saturated rings. The molecule has 0 unspecified atom stereocenters. The second-order valence-electron chi connectivity index (χ2n) is 7.33. The van der Waals surface area contributed by atoms with Gasteiger partial charge >= 0.3 is 5.63 Å². The number of carbonyl (C=O) groups is 1. The number of anilines is 2. The number of piperazine rings is 1. The Bertz CT molecular complexity index is 1170. The van der Waals surface area contributed by atoms with Gasteiger partial charge in [-0.2, -0.15) is 4.98 Å². The van der Waals surface area contributed by atoms with E-state index in [1.165, 1.54) is 7.11 Å². The molecule has 3 heterocycles. The molecule has 0 radical (unpaired) electrons. The third-order valence-electron chi connectivity index (χ3n) is 5.22. The molecule has 4 rings (SSSR count). The van der Waals surface area contributed by atoms with E-state index in [1.54, 1.807) is 29.2 Å². The zero-order chi connectivity index (χ0) is 22.0. The van der Waals surface area contributed by atoms with Crippen molar-refractivity contribution < 1.29 is 13.9 Å². The normalized spacial score (nSPS) is 14.0. The predicted molar refractivity (Wildman–Crippen MR) is 118 cm³/mol. The van der Waals surface area contributed by atoms with Crippen LogP contribution < -0.4 is 20.6 Å². The van der Waals surface area contributed by atoms with Crippen molar-refractivity contribution in [1.29, 1.82) is 0 Å². The van der Waals surface area contributed by atoms with Gasteiger partial charge < -0.3 is 24.3 Å². The third kappa shape index (κ3) is 4.16. The van der Waals surface area contributed by atoms with Crippen LogP contribution in [0.1, 0.15) is 23.0 Å². The smallest absolute Gasteiger partial charge is 0.349 e. The minimum absolute atomic E-state index is 0.0236. The van der Waals surface area contributed by atoms with Crippen LogP contribution in [0.3, 0.4) is 0 Å². The van der Waals surface area contributed by atoms with Crippen molar-refractivity contribution in [2.75, 3.05) is 50.1 Å². The average molecular weight is 423 g/mol. The van der Waals surface area contributed by atoms with Gasteiger partial charge in [-0.15, -0.1) is 0 Å². The van der Waals surface area contributed by atoms with Gasteiger partial charge in [-0.05, 0) is 26.0 Å². The Balaban J connectivity index is 1.51. The van der Waals surface area contributed by atoms with E-state index < -0.39 is 5.63 Å². The van der Waals surface area contributed by atoms with Gasteiger partial charge in [0.25, 0.3) is 5.91 Å². The molecule has 3 aromatic rings. The number of ether oxygens (including phenoxy) is 1. The van der Waals surface area contributed by atoms with Crippen LogP contribution in [0, 0.1) is 6.92 Å². The van der Waals surface area contributed by atoms with Gasteiger partial charge in [0.2, 0.25) is 5.95 Å². The van der Waals surface area contributed by atoms with Crippen LogP contribution in [-0.4, -0.2) is 60.6 Å². The number of carbonyl (C=O) groups excluding carboxylic acids is 1. The Morgan fingerprint density at radius 1 is 1.19 bits per heavy atom. The number of nitrogens with one attached hydrogen (secondary N) is 1. The quantitative estimate of drug-likeness (QED) is 0.624. The molecule has 2 aromatic heterocycles. The van der Waals surface area contributed by atoms with Crippen molar-refractivity contribution in [3.8, 4) is 5.75 Å². The average Bonchev–Trinajstić information content (AvgIpc) is 2.78. The van der Waals surface area contributed by atoms with Crippen LogP contribution in [-0.2, 0) is 0 Å². The summed E-state index contributed by atoms with van der Waals surface area (Å²) in [4.78, 5) is 38.3. The van der Waals surface area contributed by atoms with Crippen LogP contribution in [0.5, 0.6) is 5.75 Å². The zero-order valence-corrected chi connectivity index (χ0v) is 17.8. The summed E-state index contributed by atoms with van der Waals surface area (Å²) in [6, 6.07) is 8.76. The van der Waals surface area contributed by atoms with E-state index in [4.69, 9.17) is 9.15 Å². The topological polar surface area (TPSA) is 101 Å². The summed E-state index contributed by atoms with van der Waals surface area (Å²) in [6.45, 7) is 6.80. The predicted octanol–water partition coefficient (Wildman–Crippen LogP) is 2.29. The van der Waals surface area contributed by atoms with Crippen LogP contribution in [0.15, 0.2) is 39.5 Å². The highest BCUT2D eigenvalue weighted by molar-refractivity contribution is 5.97. The maximum atomic E-state index is 13.0. The summed E-state index contributed by atoms with van der Waals surface area (Å²) in [5, 5.41) is 3.85. The lowest BCUT2D eigenvalue weighted by Crippen LogP contribution is -2.50. The fourth-order valence-electron chi connectivity index (χ4n) is 3.67. The first-order valence-electron chi connectivity index (χ1n) is 10.2. The van der Waals surface area contributed by atoms with Crippen molar-refractivity contribution in [1.82, 2.24) is 14.9 Å². The molecule has 1 N–H and O–H groups in total. The molecule has 1 aromatic carbocycles. The number of aryl methyl sites for hydroxylation is 1. The second-order valence-corrected chi connectivity index (χ2v) is 7.33. The number of amides is 1. The highest BCUT2D eigenvalue weighted by Crippen LogP contribution is 2.25. The summed E-state index contributed by atoms with van der Waals surface area (Å²) in [5.41, 5.74) is 0.574. The molecule has 9 heteroatoms. The fourth-order valence-corrected chi connectivity index (χ4v) is 3.67. The third-order valence-corrected chi connectivity index (χ3v) is 5.22. The maximum absolute atomic E-state index is 13.0. The molecule has 9 nitrogen and oxygen atoms in total. The van der Waals surface area contributed by atoms with E-state index in [-0.39, 0.29) is 11.5 Å². The number of rotatable bonds is 5.